The van der Waals surface area contributed by atoms with E-state index < -0.39 is 0 Å². The summed E-state index contributed by atoms with van der Waals surface area (Å²) in [5.41, 5.74) is 10.0. The predicted molar refractivity (Wildman–Crippen MR) is 80.8 cm³/mol. The van der Waals surface area contributed by atoms with Gasteiger partial charge in [0, 0.05) is 17.8 Å². The summed E-state index contributed by atoms with van der Waals surface area (Å²) >= 11 is 0. The summed E-state index contributed by atoms with van der Waals surface area (Å²) in [4.78, 5) is 0. The topological polar surface area (TPSA) is 63.9 Å². The minimum absolute atomic E-state index is 0.122. The zero-order valence-electron chi connectivity index (χ0n) is 12.6. The van der Waals surface area contributed by atoms with E-state index in [1.54, 1.807) is 0 Å². The first-order valence-corrected chi connectivity index (χ1v) is 7.03. The quantitative estimate of drug-likeness (QED) is 0.877. The van der Waals surface area contributed by atoms with Crippen LogP contribution < -0.4 is 10.5 Å². The van der Waals surface area contributed by atoms with Crippen molar-refractivity contribution < 1.29 is 4.74 Å². The van der Waals surface area contributed by atoms with Crippen LogP contribution in [0.3, 0.4) is 0 Å². The van der Waals surface area contributed by atoms with Crippen LogP contribution in [0.4, 0.5) is 0 Å². The van der Waals surface area contributed by atoms with Crippen LogP contribution in [0.2, 0.25) is 0 Å². The number of aromatic nitrogens is 2. The Kier molecular flexibility index (Phi) is 4.45. The Balaban J connectivity index is 2.12. The van der Waals surface area contributed by atoms with E-state index in [9.17, 15) is 0 Å². The van der Waals surface area contributed by atoms with E-state index in [2.05, 4.69) is 36.2 Å². The van der Waals surface area contributed by atoms with Crippen molar-refractivity contribution in [3.8, 4) is 5.75 Å². The first kappa shape index (κ1) is 14.6. The molecule has 0 amide bonds. The largest absolute Gasteiger partial charge is 0.484 e. The summed E-state index contributed by atoms with van der Waals surface area (Å²) in [6.07, 6.45) is -0.122. The molecule has 4 heteroatoms. The van der Waals surface area contributed by atoms with Crippen LogP contribution in [0.1, 0.15) is 55.3 Å². The normalized spacial score (nSPS) is 12.7. The Labute approximate surface area is 120 Å². The summed E-state index contributed by atoms with van der Waals surface area (Å²) in [5, 5.41) is 7.27. The Hall–Kier alpha value is -1.81. The monoisotopic (exact) mass is 273 g/mol. The number of rotatable bonds is 5. The molecule has 2 rings (SSSR count). The summed E-state index contributed by atoms with van der Waals surface area (Å²) in [6, 6.07) is 8.22. The molecule has 1 aromatic heterocycles. The van der Waals surface area contributed by atoms with Crippen LogP contribution in [0.15, 0.2) is 24.3 Å². The third-order valence-corrected chi connectivity index (χ3v) is 3.55. The Morgan fingerprint density at radius 3 is 2.40 bits per heavy atom. The van der Waals surface area contributed by atoms with Crippen molar-refractivity contribution in [3.63, 3.8) is 0 Å². The molecule has 0 fully saturated rings. The fourth-order valence-corrected chi connectivity index (χ4v) is 2.26. The molecule has 0 aliphatic rings. The molecule has 0 bridgehead atoms. The fourth-order valence-electron chi connectivity index (χ4n) is 2.26. The Morgan fingerprint density at radius 2 is 1.85 bits per heavy atom. The SMILES string of the molecule is Cc1[nH]nc(C(C)Oc2ccc(C(C)C)cc2)c1CN. The molecular formula is C16H23N3O. The number of nitrogens with zero attached hydrogens (tertiary/aromatic N) is 1. The molecule has 0 radical (unpaired) electrons. The fraction of sp³-hybridized carbons (Fsp3) is 0.438. The van der Waals surface area contributed by atoms with Gasteiger partial charge in [-0.2, -0.15) is 5.10 Å². The highest BCUT2D eigenvalue weighted by atomic mass is 16.5. The summed E-state index contributed by atoms with van der Waals surface area (Å²) < 4.78 is 5.95. The highest BCUT2D eigenvalue weighted by Gasteiger charge is 2.17. The zero-order chi connectivity index (χ0) is 14.7. The van der Waals surface area contributed by atoms with Crippen LogP contribution >= 0.6 is 0 Å². The Morgan fingerprint density at radius 1 is 1.20 bits per heavy atom. The van der Waals surface area contributed by atoms with E-state index in [4.69, 9.17) is 10.5 Å². The van der Waals surface area contributed by atoms with E-state index in [0.717, 1.165) is 22.7 Å². The lowest BCUT2D eigenvalue weighted by atomic mass is 10.0. The second kappa shape index (κ2) is 6.09. The maximum absolute atomic E-state index is 5.95. The number of aryl methyl sites for hydroxylation is 1. The van der Waals surface area contributed by atoms with Crippen molar-refractivity contribution in [2.24, 2.45) is 5.73 Å². The number of nitrogens with one attached hydrogen (secondary N) is 1. The average Bonchev–Trinajstić information content (AvgIpc) is 2.80. The number of aromatic amines is 1. The van der Waals surface area contributed by atoms with E-state index in [1.165, 1.54) is 5.56 Å². The second-order valence-corrected chi connectivity index (χ2v) is 5.40. The van der Waals surface area contributed by atoms with Gasteiger partial charge in [-0.05, 0) is 37.5 Å². The lowest BCUT2D eigenvalue weighted by Gasteiger charge is -2.15. The number of ether oxygens (including phenoxy) is 1. The van der Waals surface area contributed by atoms with Gasteiger partial charge in [-0.25, -0.2) is 0 Å². The van der Waals surface area contributed by atoms with E-state index >= 15 is 0 Å². The molecule has 1 atom stereocenters. The molecule has 0 aliphatic carbocycles. The summed E-state index contributed by atoms with van der Waals surface area (Å²) in [6.45, 7) is 8.79. The molecule has 3 N–H and O–H groups in total. The van der Waals surface area contributed by atoms with Crippen LogP contribution in [0, 0.1) is 6.92 Å². The molecule has 4 nitrogen and oxygen atoms in total. The molecule has 108 valence electrons. The smallest absolute Gasteiger partial charge is 0.140 e. The van der Waals surface area contributed by atoms with Crippen LogP contribution in [0.25, 0.3) is 0 Å². The van der Waals surface area contributed by atoms with E-state index in [-0.39, 0.29) is 6.10 Å². The summed E-state index contributed by atoms with van der Waals surface area (Å²) in [7, 11) is 0. The van der Waals surface area contributed by atoms with Crippen molar-refractivity contribution in [2.45, 2.75) is 46.3 Å². The van der Waals surface area contributed by atoms with Crippen LogP contribution in [0.5, 0.6) is 5.75 Å². The average molecular weight is 273 g/mol. The lowest BCUT2D eigenvalue weighted by molar-refractivity contribution is 0.220. The Bertz CT molecular complexity index is 558. The van der Waals surface area contributed by atoms with Gasteiger partial charge in [0.15, 0.2) is 0 Å². The first-order chi connectivity index (χ1) is 9.52. The first-order valence-electron chi connectivity index (χ1n) is 7.03. The van der Waals surface area contributed by atoms with Gasteiger partial charge in [0.1, 0.15) is 17.5 Å². The standard InChI is InChI=1S/C16H23N3O/c1-10(2)13-5-7-14(8-6-13)20-12(4)16-15(9-17)11(3)18-19-16/h5-8,10,12H,9,17H2,1-4H3,(H,18,19). The third kappa shape index (κ3) is 3.02. The number of hydrogen-bond acceptors (Lipinski definition) is 3. The molecule has 1 unspecified atom stereocenters. The van der Waals surface area contributed by atoms with Gasteiger partial charge in [0.25, 0.3) is 0 Å². The van der Waals surface area contributed by atoms with Crippen molar-refractivity contribution in [1.29, 1.82) is 0 Å². The molecule has 0 saturated carbocycles. The molecular weight excluding hydrogens is 250 g/mol. The van der Waals surface area contributed by atoms with Gasteiger partial charge in [0.2, 0.25) is 0 Å². The molecule has 2 aromatic rings. The third-order valence-electron chi connectivity index (χ3n) is 3.55. The van der Waals surface area contributed by atoms with Gasteiger partial charge < -0.3 is 10.5 Å². The molecule has 20 heavy (non-hydrogen) atoms. The van der Waals surface area contributed by atoms with E-state index in [0.29, 0.717) is 12.5 Å². The molecule has 0 aliphatic heterocycles. The number of hydrogen-bond donors (Lipinski definition) is 2. The van der Waals surface area contributed by atoms with Crippen molar-refractivity contribution >= 4 is 0 Å². The van der Waals surface area contributed by atoms with Gasteiger partial charge in [0.05, 0.1) is 0 Å². The molecule has 0 saturated heterocycles. The van der Waals surface area contributed by atoms with Gasteiger partial charge in [-0.3, -0.25) is 5.10 Å². The van der Waals surface area contributed by atoms with Crippen molar-refractivity contribution in [3.05, 3.63) is 46.8 Å². The van der Waals surface area contributed by atoms with Crippen LogP contribution in [-0.4, -0.2) is 10.2 Å². The molecule has 0 spiro atoms. The summed E-state index contributed by atoms with van der Waals surface area (Å²) in [5.74, 6) is 1.38. The lowest BCUT2D eigenvalue weighted by Crippen LogP contribution is -2.09. The molecule has 1 aromatic carbocycles. The van der Waals surface area contributed by atoms with Crippen LogP contribution in [-0.2, 0) is 6.54 Å². The minimum atomic E-state index is -0.122. The van der Waals surface area contributed by atoms with E-state index in [1.807, 2.05) is 26.0 Å². The highest BCUT2D eigenvalue weighted by molar-refractivity contribution is 5.31. The van der Waals surface area contributed by atoms with Gasteiger partial charge in [-0.1, -0.05) is 26.0 Å². The maximum atomic E-state index is 5.95. The van der Waals surface area contributed by atoms with Gasteiger partial charge in [-0.15, -0.1) is 0 Å². The highest BCUT2D eigenvalue weighted by Crippen LogP contribution is 2.25. The van der Waals surface area contributed by atoms with Crippen molar-refractivity contribution in [1.82, 2.24) is 10.2 Å². The number of nitrogens with two attached hydrogens (primary N) is 1. The van der Waals surface area contributed by atoms with Gasteiger partial charge >= 0.3 is 0 Å². The second-order valence-electron chi connectivity index (χ2n) is 5.40. The minimum Gasteiger partial charge on any atom is -0.484 e. The predicted octanol–water partition coefficient (Wildman–Crippen LogP) is 3.44. The van der Waals surface area contributed by atoms with Crippen molar-refractivity contribution in [2.75, 3.05) is 0 Å². The number of benzene rings is 1. The molecule has 1 heterocycles. The zero-order valence-corrected chi connectivity index (χ0v) is 12.6. The number of H-pyrrole nitrogens is 1. The maximum Gasteiger partial charge on any atom is 0.140 e.